The number of benzene rings is 2. The van der Waals surface area contributed by atoms with E-state index >= 15 is 0 Å². The van der Waals surface area contributed by atoms with E-state index in [9.17, 15) is 4.79 Å². The van der Waals surface area contributed by atoms with Crippen LogP contribution in [0.4, 0.5) is 11.4 Å². The maximum Gasteiger partial charge on any atom is 0.145 e. The van der Waals surface area contributed by atoms with Gasteiger partial charge in [-0.05, 0) is 29.8 Å². The number of hydrogen-bond donors (Lipinski definition) is 2. The van der Waals surface area contributed by atoms with Gasteiger partial charge in [-0.1, -0.05) is 60.1 Å². The van der Waals surface area contributed by atoms with Gasteiger partial charge in [0.05, 0.1) is 27.7 Å². The van der Waals surface area contributed by atoms with Gasteiger partial charge < -0.3 is 10.6 Å². The van der Waals surface area contributed by atoms with Crippen LogP contribution in [-0.4, -0.2) is 5.78 Å². The van der Waals surface area contributed by atoms with Gasteiger partial charge in [0.25, 0.3) is 0 Å². The average molecular weight is 407 g/mol. The van der Waals surface area contributed by atoms with Crippen LogP contribution >= 0.6 is 22.9 Å². The number of ketones is 1. The highest BCUT2D eigenvalue weighted by molar-refractivity contribution is 7.16. The van der Waals surface area contributed by atoms with Gasteiger partial charge in [-0.25, -0.2) is 0 Å². The highest BCUT2D eigenvalue weighted by atomic mass is 35.5. The minimum atomic E-state index is -0.262. The monoisotopic (exact) mass is 406 g/mol. The lowest BCUT2D eigenvalue weighted by Crippen LogP contribution is -2.33. The van der Waals surface area contributed by atoms with E-state index in [1.807, 2.05) is 54.6 Å². The Bertz CT molecular complexity index is 1060. The molecule has 0 radical (unpaired) electrons. The number of allylic oxidation sites excluding steroid dienone is 1. The molecule has 2 aromatic carbocycles. The summed E-state index contributed by atoms with van der Waals surface area (Å²) in [4.78, 5) is 14.4. The van der Waals surface area contributed by atoms with Gasteiger partial charge in [-0.3, -0.25) is 4.79 Å². The van der Waals surface area contributed by atoms with Crippen LogP contribution < -0.4 is 10.6 Å². The summed E-state index contributed by atoms with van der Waals surface area (Å²) in [5.74, 6) is 0.0704. The maximum absolute atomic E-state index is 13.4. The van der Waals surface area contributed by atoms with Crippen molar-refractivity contribution in [1.82, 2.24) is 0 Å². The van der Waals surface area contributed by atoms with Crippen molar-refractivity contribution in [3.63, 3.8) is 0 Å². The zero-order valence-corrected chi connectivity index (χ0v) is 16.6. The lowest BCUT2D eigenvalue weighted by atomic mass is 9.78. The number of carbonyl (C=O) groups excluding carboxylic acids is 1. The van der Waals surface area contributed by atoms with E-state index < -0.39 is 0 Å². The van der Waals surface area contributed by atoms with Crippen molar-refractivity contribution in [1.29, 1.82) is 0 Å². The fourth-order valence-corrected chi connectivity index (χ4v) is 5.30. The Labute approximate surface area is 173 Å². The molecule has 2 aliphatic rings. The number of thiophene rings is 1. The summed E-state index contributed by atoms with van der Waals surface area (Å²) in [5, 5.41) is 7.15. The predicted octanol–water partition coefficient (Wildman–Crippen LogP) is 6.24. The Morgan fingerprint density at radius 1 is 0.929 bits per heavy atom. The first-order chi connectivity index (χ1) is 13.7. The van der Waals surface area contributed by atoms with Crippen molar-refractivity contribution >= 4 is 40.1 Å². The normalized spacial score (nSPS) is 23.5. The van der Waals surface area contributed by atoms with Gasteiger partial charge in [-0.15, -0.1) is 11.3 Å². The molecule has 1 aromatic heterocycles. The maximum atomic E-state index is 13.4. The first kappa shape index (κ1) is 17.5. The number of para-hydroxylation sites is 2. The summed E-state index contributed by atoms with van der Waals surface area (Å²) >= 11 is 7.74. The Morgan fingerprint density at radius 3 is 2.43 bits per heavy atom. The van der Waals surface area contributed by atoms with Gasteiger partial charge in [0.2, 0.25) is 0 Å². The average Bonchev–Trinajstić information content (AvgIpc) is 3.06. The lowest BCUT2D eigenvalue weighted by molar-refractivity contribution is -0.122. The number of rotatable bonds is 2. The summed E-state index contributed by atoms with van der Waals surface area (Å²) in [6, 6.07) is 22.1. The molecule has 3 atom stereocenters. The molecule has 5 heteroatoms. The summed E-state index contributed by atoms with van der Waals surface area (Å²) in [5.41, 5.74) is 4.13. The molecule has 28 heavy (non-hydrogen) atoms. The Balaban J connectivity index is 1.63. The van der Waals surface area contributed by atoms with Crippen molar-refractivity contribution in [3.05, 3.63) is 93.3 Å². The van der Waals surface area contributed by atoms with Crippen LogP contribution in [0.2, 0.25) is 4.34 Å². The molecule has 5 rings (SSSR count). The van der Waals surface area contributed by atoms with E-state index in [4.69, 9.17) is 11.6 Å². The minimum absolute atomic E-state index is 0.0882. The van der Waals surface area contributed by atoms with Crippen molar-refractivity contribution in [3.8, 4) is 0 Å². The molecule has 3 nitrogen and oxygen atoms in total. The number of carbonyl (C=O) groups is 1. The molecular formula is C23H19ClN2OS. The first-order valence-electron chi connectivity index (χ1n) is 9.36. The number of nitrogens with one attached hydrogen (secondary N) is 2. The van der Waals surface area contributed by atoms with Crippen LogP contribution in [0.25, 0.3) is 0 Å². The SMILES string of the molecule is O=C1CC(c2ccccc2)C=C2Nc3ccccc3NC(c3ccc(Cl)s3)C12. The van der Waals surface area contributed by atoms with Crippen LogP contribution in [0.3, 0.4) is 0 Å². The smallest absolute Gasteiger partial charge is 0.145 e. The minimum Gasteiger partial charge on any atom is -0.375 e. The second kappa shape index (κ2) is 7.12. The number of fused-ring (bicyclic) bond motifs is 2. The van der Waals surface area contributed by atoms with Crippen molar-refractivity contribution in [2.75, 3.05) is 10.6 Å². The van der Waals surface area contributed by atoms with E-state index in [1.165, 1.54) is 16.9 Å². The Hall–Kier alpha value is -2.56. The molecule has 2 N–H and O–H groups in total. The predicted molar refractivity (Wildman–Crippen MR) is 116 cm³/mol. The third-order valence-electron chi connectivity index (χ3n) is 5.46. The van der Waals surface area contributed by atoms with E-state index in [2.05, 4.69) is 28.8 Å². The topological polar surface area (TPSA) is 41.1 Å². The fraction of sp³-hybridized carbons (Fsp3) is 0.174. The molecule has 0 saturated carbocycles. The number of Topliss-reactive ketones (excluding diaryl/α,β-unsaturated/α-hetero) is 1. The molecule has 1 aliphatic carbocycles. The van der Waals surface area contributed by atoms with E-state index in [0.717, 1.165) is 26.3 Å². The molecule has 0 spiro atoms. The molecule has 1 aliphatic heterocycles. The molecular weight excluding hydrogens is 388 g/mol. The van der Waals surface area contributed by atoms with Gasteiger partial charge in [0.15, 0.2) is 0 Å². The molecule has 3 unspecified atom stereocenters. The summed E-state index contributed by atoms with van der Waals surface area (Å²) in [6.45, 7) is 0. The van der Waals surface area contributed by atoms with Crippen LogP contribution in [0.15, 0.2) is 78.5 Å². The summed E-state index contributed by atoms with van der Waals surface area (Å²) in [6.07, 6.45) is 2.74. The van der Waals surface area contributed by atoms with Crippen LogP contribution in [0.1, 0.15) is 28.8 Å². The fourth-order valence-electron chi connectivity index (χ4n) is 4.15. The molecule has 0 amide bonds. The molecule has 0 bridgehead atoms. The lowest BCUT2D eigenvalue weighted by Gasteiger charge is -2.31. The second-order valence-corrected chi connectivity index (χ2v) is 8.97. The zero-order valence-electron chi connectivity index (χ0n) is 15.1. The molecule has 2 heterocycles. The Kier molecular flexibility index (Phi) is 4.46. The number of halogens is 1. The van der Waals surface area contributed by atoms with Crippen LogP contribution in [-0.2, 0) is 4.79 Å². The molecule has 140 valence electrons. The second-order valence-electron chi connectivity index (χ2n) is 7.22. The van der Waals surface area contributed by atoms with Gasteiger partial charge in [-0.2, -0.15) is 0 Å². The quantitative estimate of drug-likeness (QED) is 0.529. The summed E-state index contributed by atoms with van der Waals surface area (Å²) in [7, 11) is 0. The molecule has 0 saturated heterocycles. The van der Waals surface area contributed by atoms with Crippen LogP contribution in [0, 0.1) is 5.92 Å². The Morgan fingerprint density at radius 2 is 1.68 bits per heavy atom. The van der Waals surface area contributed by atoms with Gasteiger partial charge in [0.1, 0.15) is 5.78 Å². The summed E-state index contributed by atoms with van der Waals surface area (Å²) < 4.78 is 0.734. The third kappa shape index (κ3) is 3.13. The standard InChI is InChI=1S/C23H19ClN2OS/c24-21-11-10-20(28-21)23-22-18(25-16-8-4-5-9-17(16)26-23)12-15(13-19(22)27)14-6-2-1-3-7-14/h1-12,15,22-23,25-26H,13H2. The van der Waals surface area contributed by atoms with Crippen molar-refractivity contribution in [2.24, 2.45) is 5.92 Å². The third-order valence-corrected chi connectivity index (χ3v) is 6.78. The van der Waals surface area contributed by atoms with E-state index in [-0.39, 0.29) is 23.7 Å². The molecule has 0 fully saturated rings. The molecule has 3 aromatic rings. The number of anilines is 2. The first-order valence-corrected chi connectivity index (χ1v) is 10.6. The van der Waals surface area contributed by atoms with Gasteiger partial charge in [0, 0.05) is 22.9 Å². The van der Waals surface area contributed by atoms with Crippen LogP contribution in [0.5, 0.6) is 0 Å². The van der Waals surface area contributed by atoms with Crippen molar-refractivity contribution < 1.29 is 4.79 Å². The number of hydrogen-bond acceptors (Lipinski definition) is 4. The zero-order chi connectivity index (χ0) is 19.1. The van der Waals surface area contributed by atoms with Gasteiger partial charge >= 0.3 is 0 Å². The highest BCUT2D eigenvalue weighted by Crippen LogP contribution is 2.45. The van der Waals surface area contributed by atoms with E-state index in [1.54, 1.807) is 0 Å². The van der Waals surface area contributed by atoms with Crippen molar-refractivity contribution in [2.45, 2.75) is 18.4 Å². The van der Waals surface area contributed by atoms with E-state index in [0.29, 0.717) is 6.42 Å². The highest BCUT2D eigenvalue weighted by Gasteiger charge is 2.40. The largest absolute Gasteiger partial charge is 0.375 e.